The predicted octanol–water partition coefficient (Wildman–Crippen LogP) is 5.02. The Bertz CT molecular complexity index is 904. The summed E-state index contributed by atoms with van der Waals surface area (Å²) in [6.45, 7) is 6.13. The largest absolute Gasteiger partial charge is 0.405 e. The summed E-state index contributed by atoms with van der Waals surface area (Å²) in [6, 6.07) is 12.8. The zero-order valence-corrected chi connectivity index (χ0v) is 16.8. The molecule has 4 rings (SSSR count). The van der Waals surface area contributed by atoms with Crippen LogP contribution < -0.4 is 5.73 Å². The highest BCUT2D eigenvalue weighted by molar-refractivity contribution is 7.14. The molecule has 0 aliphatic carbocycles. The quantitative estimate of drug-likeness (QED) is 0.632. The third-order valence-corrected chi connectivity index (χ3v) is 5.88. The Labute approximate surface area is 168 Å². The molecular weight excluding hydrogens is 372 g/mol. The first kappa shape index (κ1) is 19.1. The maximum absolute atomic E-state index is 4.94. The molecule has 0 amide bonds. The van der Waals surface area contributed by atoms with Gasteiger partial charge < -0.3 is 10.6 Å². The van der Waals surface area contributed by atoms with E-state index in [1.165, 1.54) is 22.2 Å². The first-order valence-electron chi connectivity index (χ1n) is 8.52. The minimum Gasteiger partial charge on any atom is -0.405 e. The maximum Gasteiger partial charge on any atom is 0.139 e. The maximum atomic E-state index is 4.94. The second kappa shape index (κ2) is 9.30. The standard InChI is InChI=1S/C17H14N2S2.C4H8N2/c1-12(19-9-13-5-2-3-6-14(13)10-19)17-18-15(11-21-17)16-7-4-8-20-16;1-6-4-2-3-5/h2-8,11H,1,9-10H2;2-4H,5H2,1H3/b;3-2-,6-4?. The third kappa shape index (κ3) is 4.72. The molecular formula is C21H22N4S2. The van der Waals surface area contributed by atoms with Crippen molar-refractivity contribution in [1.82, 2.24) is 9.88 Å². The van der Waals surface area contributed by atoms with Gasteiger partial charge >= 0.3 is 0 Å². The van der Waals surface area contributed by atoms with Gasteiger partial charge in [0.1, 0.15) is 5.01 Å². The average molecular weight is 395 g/mol. The lowest BCUT2D eigenvalue weighted by Crippen LogP contribution is -2.13. The molecule has 138 valence electrons. The van der Waals surface area contributed by atoms with Gasteiger partial charge in [-0.3, -0.25) is 4.99 Å². The summed E-state index contributed by atoms with van der Waals surface area (Å²) in [5.74, 6) is 0. The van der Waals surface area contributed by atoms with E-state index in [0.29, 0.717) is 0 Å². The zero-order chi connectivity index (χ0) is 19.1. The van der Waals surface area contributed by atoms with Gasteiger partial charge in [0.2, 0.25) is 0 Å². The highest BCUT2D eigenvalue weighted by Gasteiger charge is 2.21. The van der Waals surface area contributed by atoms with Crippen molar-refractivity contribution in [2.24, 2.45) is 10.7 Å². The SMILES string of the molecule is C=C(c1nc(-c2cccs2)cs1)N1Cc2ccccc2C1.CN=C/C=C\N. The number of allylic oxidation sites excluding steroid dienone is 1. The van der Waals surface area contributed by atoms with Crippen LogP contribution in [0.5, 0.6) is 0 Å². The minimum atomic E-state index is 0.933. The number of aromatic nitrogens is 1. The number of nitrogens with zero attached hydrogens (tertiary/aromatic N) is 3. The number of fused-ring (bicyclic) bond motifs is 1. The van der Waals surface area contributed by atoms with E-state index in [1.807, 2.05) is 0 Å². The molecule has 0 fully saturated rings. The summed E-state index contributed by atoms with van der Waals surface area (Å²) in [5.41, 5.74) is 9.82. The molecule has 2 aromatic heterocycles. The van der Waals surface area contributed by atoms with Crippen molar-refractivity contribution in [3.05, 3.63) is 82.1 Å². The van der Waals surface area contributed by atoms with Crippen LogP contribution in [-0.4, -0.2) is 23.1 Å². The number of thiazole rings is 1. The fourth-order valence-corrected chi connectivity index (χ4v) is 4.32. The number of nitrogens with two attached hydrogens (primary N) is 1. The molecule has 3 aromatic rings. The van der Waals surface area contributed by atoms with Crippen LogP contribution in [0.1, 0.15) is 16.1 Å². The first-order chi connectivity index (χ1) is 13.2. The minimum absolute atomic E-state index is 0.933. The Hall–Kier alpha value is -2.70. The van der Waals surface area contributed by atoms with Crippen LogP contribution in [0.3, 0.4) is 0 Å². The number of aliphatic imine (C=N–C) groups is 1. The Balaban J connectivity index is 0.000000307. The number of hydrogen-bond donors (Lipinski definition) is 1. The monoisotopic (exact) mass is 394 g/mol. The summed E-state index contributed by atoms with van der Waals surface area (Å²) >= 11 is 3.40. The van der Waals surface area contributed by atoms with E-state index in [9.17, 15) is 0 Å². The van der Waals surface area contributed by atoms with E-state index in [-0.39, 0.29) is 0 Å². The van der Waals surface area contributed by atoms with E-state index >= 15 is 0 Å². The van der Waals surface area contributed by atoms with Crippen LogP contribution in [0.2, 0.25) is 0 Å². The van der Waals surface area contributed by atoms with Gasteiger partial charge in [-0.2, -0.15) is 0 Å². The van der Waals surface area contributed by atoms with Crippen molar-refractivity contribution in [2.45, 2.75) is 13.1 Å². The molecule has 3 heterocycles. The van der Waals surface area contributed by atoms with Crippen LogP contribution >= 0.6 is 22.7 Å². The van der Waals surface area contributed by atoms with E-state index in [0.717, 1.165) is 29.5 Å². The van der Waals surface area contributed by atoms with Crippen LogP contribution in [0.15, 0.2) is 71.0 Å². The van der Waals surface area contributed by atoms with Crippen molar-refractivity contribution in [3.63, 3.8) is 0 Å². The second-order valence-corrected chi connectivity index (χ2v) is 7.68. The van der Waals surface area contributed by atoms with Gasteiger partial charge in [-0.05, 0) is 34.8 Å². The summed E-state index contributed by atoms with van der Waals surface area (Å²) in [7, 11) is 1.69. The average Bonchev–Trinajstić information content (AvgIpc) is 3.45. The van der Waals surface area contributed by atoms with Gasteiger partial charge in [-0.25, -0.2) is 4.98 Å². The summed E-state index contributed by atoms with van der Waals surface area (Å²) < 4.78 is 0. The Morgan fingerprint density at radius 3 is 2.48 bits per heavy atom. The molecule has 0 unspecified atom stereocenters. The van der Waals surface area contributed by atoms with Gasteiger partial charge in [0.05, 0.1) is 16.3 Å². The predicted molar refractivity (Wildman–Crippen MR) is 118 cm³/mol. The van der Waals surface area contributed by atoms with Gasteiger partial charge in [0, 0.05) is 31.7 Å². The van der Waals surface area contributed by atoms with Gasteiger partial charge in [0.25, 0.3) is 0 Å². The zero-order valence-electron chi connectivity index (χ0n) is 15.2. The Morgan fingerprint density at radius 1 is 1.19 bits per heavy atom. The molecule has 2 N–H and O–H groups in total. The van der Waals surface area contributed by atoms with E-state index in [2.05, 4.69) is 63.6 Å². The number of rotatable bonds is 4. The lowest BCUT2D eigenvalue weighted by molar-refractivity contribution is 0.423. The van der Waals surface area contributed by atoms with Crippen LogP contribution in [0, 0.1) is 0 Å². The fraction of sp³-hybridized carbons (Fsp3) is 0.143. The summed E-state index contributed by atoms with van der Waals surface area (Å²) in [6.07, 6.45) is 4.73. The van der Waals surface area contributed by atoms with E-state index in [1.54, 1.807) is 42.0 Å². The van der Waals surface area contributed by atoms with E-state index in [4.69, 9.17) is 10.7 Å². The molecule has 0 saturated carbocycles. The molecule has 0 radical (unpaired) electrons. The lowest BCUT2D eigenvalue weighted by Gasteiger charge is -2.18. The van der Waals surface area contributed by atoms with Crippen molar-refractivity contribution < 1.29 is 0 Å². The van der Waals surface area contributed by atoms with Crippen molar-refractivity contribution in [3.8, 4) is 10.6 Å². The second-order valence-electron chi connectivity index (χ2n) is 5.88. The van der Waals surface area contributed by atoms with Crippen LogP contribution in [-0.2, 0) is 13.1 Å². The molecule has 1 aliphatic heterocycles. The van der Waals surface area contributed by atoms with Gasteiger partial charge in [0.15, 0.2) is 0 Å². The lowest BCUT2D eigenvalue weighted by atomic mass is 10.1. The summed E-state index contributed by atoms with van der Waals surface area (Å²) in [5, 5.41) is 5.22. The smallest absolute Gasteiger partial charge is 0.139 e. The fourth-order valence-electron chi connectivity index (χ4n) is 2.74. The summed E-state index contributed by atoms with van der Waals surface area (Å²) in [4.78, 5) is 11.9. The first-order valence-corrected chi connectivity index (χ1v) is 10.3. The molecule has 0 spiro atoms. The highest BCUT2D eigenvalue weighted by atomic mass is 32.1. The Morgan fingerprint density at radius 2 is 1.93 bits per heavy atom. The highest BCUT2D eigenvalue weighted by Crippen LogP contribution is 2.33. The number of thiophene rings is 1. The van der Waals surface area contributed by atoms with Crippen molar-refractivity contribution >= 4 is 34.6 Å². The number of benzene rings is 1. The normalized spacial score (nSPS) is 13.0. The molecule has 0 saturated heterocycles. The molecule has 1 aromatic carbocycles. The van der Waals surface area contributed by atoms with Gasteiger partial charge in [-0.1, -0.05) is 36.9 Å². The van der Waals surface area contributed by atoms with Gasteiger partial charge in [-0.15, -0.1) is 22.7 Å². The van der Waals surface area contributed by atoms with Crippen molar-refractivity contribution in [1.29, 1.82) is 0 Å². The van der Waals surface area contributed by atoms with Crippen LogP contribution in [0.25, 0.3) is 16.3 Å². The Kier molecular flexibility index (Phi) is 6.57. The molecule has 1 aliphatic rings. The van der Waals surface area contributed by atoms with Crippen LogP contribution in [0.4, 0.5) is 0 Å². The molecule has 0 atom stereocenters. The molecule has 0 bridgehead atoms. The molecule has 4 nitrogen and oxygen atoms in total. The molecule has 27 heavy (non-hydrogen) atoms. The topological polar surface area (TPSA) is 54.5 Å². The third-order valence-electron chi connectivity index (χ3n) is 4.09. The molecule has 6 heteroatoms. The van der Waals surface area contributed by atoms with E-state index < -0.39 is 0 Å². The van der Waals surface area contributed by atoms with Crippen molar-refractivity contribution in [2.75, 3.05) is 7.05 Å². The number of hydrogen-bond acceptors (Lipinski definition) is 6.